The van der Waals surface area contributed by atoms with Gasteiger partial charge < -0.3 is 35.2 Å². The average molecular weight is 416 g/mol. The largest absolute Gasteiger partial charge is 0.394 e. The predicted octanol–water partition coefficient (Wildman–Crippen LogP) is -1.06. The van der Waals surface area contributed by atoms with E-state index in [1.54, 1.807) is 0 Å². The number of hydrogen-bond donors (Lipinski definition) is 4. The molecule has 0 spiro atoms. The van der Waals surface area contributed by atoms with Crippen LogP contribution < -0.4 is 10.2 Å². The highest BCUT2D eigenvalue weighted by molar-refractivity contribution is 6.01. The van der Waals surface area contributed by atoms with Gasteiger partial charge in [-0.1, -0.05) is 12.1 Å². The van der Waals surface area contributed by atoms with Gasteiger partial charge in [0.2, 0.25) is 0 Å². The number of ether oxygens (including phenoxy) is 1. The van der Waals surface area contributed by atoms with E-state index in [0.29, 0.717) is 5.56 Å². The molecule has 0 radical (unpaired) electrons. The standard InChI is InChI=1S/C21H28N4O5/c1-24-6-8-25(9-7-24)16-4-2-14(3-5-16)10-15(11-22)21(29)23-17-13-30-18(12-26)20(28)19(17)27/h2-5,10,17-20,26-28H,6-9,12-13H2,1H3,(H,23,29)/b15-10+/t17-,18+,19+,20+/m0/s1. The lowest BCUT2D eigenvalue weighted by Crippen LogP contribution is -2.60. The van der Waals surface area contributed by atoms with Gasteiger partial charge in [0.05, 0.1) is 19.3 Å². The number of amides is 1. The third-order valence-electron chi connectivity index (χ3n) is 5.57. The van der Waals surface area contributed by atoms with Crippen LogP contribution in [-0.2, 0) is 9.53 Å². The summed E-state index contributed by atoms with van der Waals surface area (Å²) in [6, 6.07) is 8.63. The number of nitrogens with zero attached hydrogens (tertiary/aromatic N) is 3. The van der Waals surface area contributed by atoms with Crippen LogP contribution in [0.3, 0.4) is 0 Å². The van der Waals surface area contributed by atoms with Crippen molar-refractivity contribution in [3.05, 3.63) is 35.4 Å². The fourth-order valence-electron chi connectivity index (χ4n) is 3.58. The third-order valence-corrected chi connectivity index (χ3v) is 5.57. The maximum atomic E-state index is 12.5. The number of aliphatic hydroxyl groups excluding tert-OH is 3. The Bertz CT molecular complexity index is 799. The first-order valence-corrected chi connectivity index (χ1v) is 9.97. The predicted molar refractivity (Wildman–Crippen MR) is 111 cm³/mol. The van der Waals surface area contributed by atoms with Gasteiger partial charge >= 0.3 is 0 Å². The molecule has 4 N–H and O–H groups in total. The Morgan fingerprint density at radius 1 is 1.23 bits per heavy atom. The van der Waals surface area contributed by atoms with Gasteiger partial charge in [-0.2, -0.15) is 5.26 Å². The molecule has 162 valence electrons. The SMILES string of the molecule is CN1CCN(c2ccc(/C=C(\C#N)C(=O)N[C@H]3CO[C@H](CO)[C@@H](O)[C@@H]3O)cc2)CC1. The number of anilines is 1. The van der Waals surface area contributed by atoms with E-state index in [9.17, 15) is 20.3 Å². The Morgan fingerprint density at radius 3 is 2.50 bits per heavy atom. The fraction of sp³-hybridized carbons (Fsp3) is 0.524. The molecule has 1 amide bonds. The number of piperazine rings is 1. The smallest absolute Gasteiger partial charge is 0.262 e. The maximum Gasteiger partial charge on any atom is 0.262 e. The zero-order chi connectivity index (χ0) is 21.7. The molecule has 0 unspecified atom stereocenters. The first-order valence-electron chi connectivity index (χ1n) is 9.97. The monoisotopic (exact) mass is 416 g/mol. The van der Waals surface area contributed by atoms with Gasteiger partial charge in [0, 0.05) is 31.9 Å². The molecule has 3 rings (SSSR count). The lowest BCUT2D eigenvalue weighted by molar-refractivity contribution is -0.163. The minimum atomic E-state index is -1.33. The van der Waals surface area contributed by atoms with Crippen molar-refractivity contribution in [3.63, 3.8) is 0 Å². The second-order valence-electron chi connectivity index (χ2n) is 7.67. The lowest BCUT2D eigenvalue weighted by Gasteiger charge is -2.37. The van der Waals surface area contributed by atoms with E-state index >= 15 is 0 Å². The number of benzene rings is 1. The summed E-state index contributed by atoms with van der Waals surface area (Å²) in [6.07, 6.45) is -2.06. The molecule has 30 heavy (non-hydrogen) atoms. The third kappa shape index (κ3) is 5.16. The molecule has 0 aromatic heterocycles. The summed E-state index contributed by atoms with van der Waals surface area (Å²) in [5.41, 5.74) is 1.69. The van der Waals surface area contributed by atoms with Crippen molar-refractivity contribution in [1.82, 2.24) is 10.2 Å². The Kier molecular flexibility index (Phi) is 7.42. The highest BCUT2D eigenvalue weighted by Gasteiger charge is 2.39. The quantitative estimate of drug-likeness (QED) is 0.353. The minimum absolute atomic E-state index is 0.0758. The van der Waals surface area contributed by atoms with E-state index in [1.165, 1.54) is 6.08 Å². The van der Waals surface area contributed by atoms with Crippen molar-refractivity contribution in [3.8, 4) is 6.07 Å². The molecule has 4 atom stereocenters. The normalized spacial score (nSPS) is 28.1. The zero-order valence-corrected chi connectivity index (χ0v) is 16.9. The summed E-state index contributed by atoms with van der Waals surface area (Å²) >= 11 is 0. The Morgan fingerprint density at radius 2 is 1.90 bits per heavy atom. The Labute approximate surface area is 175 Å². The van der Waals surface area contributed by atoms with Gasteiger partial charge in [-0.25, -0.2) is 0 Å². The number of rotatable bonds is 5. The molecular formula is C21H28N4O5. The molecule has 1 aromatic rings. The zero-order valence-electron chi connectivity index (χ0n) is 16.9. The summed E-state index contributed by atoms with van der Waals surface area (Å²) in [6.45, 7) is 3.40. The molecule has 0 saturated carbocycles. The van der Waals surface area contributed by atoms with Crippen LogP contribution in [-0.4, -0.2) is 96.9 Å². The molecule has 2 saturated heterocycles. The molecule has 2 aliphatic rings. The molecule has 0 bridgehead atoms. The average Bonchev–Trinajstić information content (AvgIpc) is 2.76. The molecular weight excluding hydrogens is 388 g/mol. The number of likely N-dealkylation sites (N-methyl/N-ethyl adjacent to an activating group) is 1. The van der Waals surface area contributed by atoms with Crippen molar-refractivity contribution in [1.29, 1.82) is 5.26 Å². The van der Waals surface area contributed by atoms with Crippen LogP contribution in [0, 0.1) is 11.3 Å². The number of nitriles is 1. The first-order chi connectivity index (χ1) is 14.4. The lowest BCUT2D eigenvalue weighted by atomic mass is 9.98. The van der Waals surface area contributed by atoms with E-state index in [2.05, 4.69) is 22.2 Å². The van der Waals surface area contributed by atoms with E-state index < -0.39 is 36.9 Å². The van der Waals surface area contributed by atoms with Crippen molar-refractivity contribution in [2.24, 2.45) is 0 Å². The molecule has 2 aliphatic heterocycles. The number of nitrogens with one attached hydrogen (secondary N) is 1. The van der Waals surface area contributed by atoms with Gasteiger partial charge in [0.15, 0.2) is 0 Å². The van der Waals surface area contributed by atoms with E-state index in [-0.39, 0.29) is 12.2 Å². The van der Waals surface area contributed by atoms with Crippen molar-refractivity contribution in [2.75, 3.05) is 51.3 Å². The first kappa shape index (κ1) is 22.2. The Hall–Kier alpha value is -2.48. The van der Waals surface area contributed by atoms with E-state index in [0.717, 1.165) is 31.9 Å². The molecule has 9 heteroatoms. The summed E-state index contributed by atoms with van der Waals surface area (Å²) in [4.78, 5) is 17.1. The topological polar surface area (TPSA) is 129 Å². The van der Waals surface area contributed by atoms with E-state index in [1.807, 2.05) is 30.3 Å². The van der Waals surface area contributed by atoms with Gasteiger partial charge in [0.1, 0.15) is 30.0 Å². The molecule has 2 fully saturated rings. The van der Waals surface area contributed by atoms with Crippen LogP contribution in [0.15, 0.2) is 29.8 Å². The van der Waals surface area contributed by atoms with Gasteiger partial charge in [-0.05, 0) is 30.8 Å². The molecule has 1 aromatic carbocycles. The van der Waals surface area contributed by atoms with Crippen LogP contribution in [0.4, 0.5) is 5.69 Å². The van der Waals surface area contributed by atoms with E-state index in [4.69, 9.17) is 9.84 Å². The van der Waals surface area contributed by atoms with Crippen LogP contribution in [0.2, 0.25) is 0 Å². The molecule has 2 heterocycles. The molecule has 0 aliphatic carbocycles. The van der Waals surface area contributed by atoms with Crippen LogP contribution in [0.25, 0.3) is 6.08 Å². The number of aliphatic hydroxyl groups is 3. The van der Waals surface area contributed by atoms with Crippen LogP contribution in [0.5, 0.6) is 0 Å². The second kappa shape index (κ2) is 10.0. The number of carbonyl (C=O) groups excluding carboxylic acids is 1. The number of carbonyl (C=O) groups is 1. The van der Waals surface area contributed by atoms with Crippen LogP contribution >= 0.6 is 0 Å². The fourth-order valence-corrected chi connectivity index (χ4v) is 3.58. The summed E-state index contributed by atoms with van der Waals surface area (Å²) < 4.78 is 5.25. The van der Waals surface area contributed by atoms with Gasteiger partial charge in [-0.3, -0.25) is 4.79 Å². The van der Waals surface area contributed by atoms with Crippen LogP contribution in [0.1, 0.15) is 5.56 Å². The molecule has 9 nitrogen and oxygen atoms in total. The van der Waals surface area contributed by atoms with Crippen molar-refractivity contribution < 1.29 is 24.9 Å². The summed E-state index contributed by atoms with van der Waals surface area (Å²) in [5, 5.41) is 41.1. The van der Waals surface area contributed by atoms with Gasteiger partial charge in [-0.15, -0.1) is 0 Å². The highest BCUT2D eigenvalue weighted by atomic mass is 16.5. The van der Waals surface area contributed by atoms with Gasteiger partial charge in [0.25, 0.3) is 5.91 Å². The summed E-state index contributed by atoms with van der Waals surface area (Å²) in [7, 11) is 2.10. The second-order valence-corrected chi connectivity index (χ2v) is 7.67. The minimum Gasteiger partial charge on any atom is -0.394 e. The Balaban J connectivity index is 1.63. The number of hydrogen-bond acceptors (Lipinski definition) is 8. The highest BCUT2D eigenvalue weighted by Crippen LogP contribution is 2.19. The maximum absolute atomic E-state index is 12.5. The summed E-state index contributed by atoms with van der Waals surface area (Å²) in [5.74, 6) is -0.664. The van der Waals surface area contributed by atoms with Crippen molar-refractivity contribution >= 4 is 17.7 Å². The van der Waals surface area contributed by atoms with Crippen molar-refractivity contribution in [2.45, 2.75) is 24.4 Å².